The number of rotatable bonds is 4. The largest absolute Gasteiger partial charge is 0.444 e. The van der Waals surface area contributed by atoms with Crippen molar-refractivity contribution < 1.29 is 27.3 Å². The van der Waals surface area contributed by atoms with Crippen molar-refractivity contribution in [3.8, 4) is 11.3 Å². The summed E-state index contributed by atoms with van der Waals surface area (Å²) in [6.07, 6.45) is -1.59. The highest BCUT2D eigenvalue weighted by Gasteiger charge is 2.36. The molecule has 4 rings (SSSR count). The number of pyridine rings is 1. The summed E-state index contributed by atoms with van der Waals surface area (Å²) in [5.41, 5.74) is -1.03. The first-order valence-corrected chi connectivity index (χ1v) is 14.4. The maximum Gasteiger partial charge on any atom is 0.419 e. The monoisotopic (exact) mass is 538 g/mol. The first-order chi connectivity index (χ1) is 17.1. The normalized spacial score (nSPS) is 17.2. The number of hydrogen-bond donors (Lipinski definition) is 2. The van der Waals surface area contributed by atoms with Gasteiger partial charge in [-0.15, -0.1) is 0 Å². The lowest BCUT2D eigenvalue weighted by molar-refractivity contribution is -0.137. The summed E-state index contributed by atoms with van der Waals surface area (Å²) in [5.74, 6) is 0.0181. The topological polar surface area (TPSA) is 113 Å². The number of aromatic nitrogens is 4. The van der Waals surface area contributed by atoms with E-state index in [1.54, 1.807) is 51.1 Å². The van der Waals surface area contributed by atoms with Gasteiger partial charge in [-0.25, -0.2) is 19.7 Å². The lowest BCUT2D eigenvalue weighted by Crippen LogP contribution is -2.47. The van der Waals surface area contributed by atoms with Gasteiger partial charge in [-0.3, -0.25) is 0 Å². The van der Waals surface area contributed by atoms with Crippen molar-refractivity contribution in [1.29, 1.82) is 0 Å². The van der Waals surface area contributed by atoms with Crippen LogP contribution in [0, 0.1) is 0 Å². The molecule has 0 bridgehead atoms. The summed E-state index contributed by atoms with van der Waals surface area (Å²) in [7, 11) is -2.66. The van der Waals surface area contributed by atoms with E-state index in [0.29, 0.717) is 42.4 Å². The highest BCUT2D eigenvalue weighted by Crippen LogP contribution is 2.39. The quantitative estimate of drug-likeness (QED) is 0.445. The van der Waals surface area contributed by atoms with E-state index in [1.807, 2.05) is 0 Å². The Morgan fingerprint density at radius 3 is 2.59 bits per heavy atom. The van der Waals surface area contributed by atoms with Crippen LogP contribution >= 0.6 is 7.14 Å². The van der Waals surface area contributed by atoms with E-state index in [9.17, 15) is 22.5 Å². The van der Waals surface area contributed by atoms with Crippen molar-refractivity contribution in [2.24, 2.45) is 0 Å². The molecule has 13 heteroatoms. The van der Waals surface area contributed by atoms with Crippen LogP contribution in [0.3, 0.4) is 0 Å². The number of anilines is 1. The van der Waals surface area contributed by atoms with Gasteiger partial charge in [-0.2, -0.15) is 13.2 Å². The van der Waals surface area contributed by atoms with Gasteiger partial charge in [0.2, 0.25) is 5.95 Å². The number of nitrogens with zero attached hydrogens (tertiary/aromatic N) is 4. The highest BCUT2D eigenvalue weighted by molar-refractivity contribution is 7.69. The van der Waals surface area contributed by atoms with Crippen LogP contribution in [0.5, 0.6) is 0 Å². The fraction of sp³-hybridized carbons (Fsp3) is 0.500. The number of amides is 1. The van der Waals surface area contributed by atoms with Gasteiger partial charge in [-0.05, 0) is 59.1 Å². The number of likely N-dealkylation sites (tertiary alicyclic amines) is 1. The van der Waals surface area contributed by atoms with Gasteiger partial charge in [0.25, 0.3) is 0 Å². The Morgan fingerprint density at radius 2 is 1.95 bits per heavy atom. The van der Waals surface area contributed by atoms with Gasteiger partial charge in [-0.1, -0.05) is 0 Å². The second-order valence-electron chi connectivity index (χ2n) is 10.5. The SMILES string of the molecule is CC(C)(C)OC(=O)N1CCC[C@H](Nc2ncc(C(F)(F)F)c(-c3c[nH]c4nc(P(C)(C)=O)ccc34)n2)C1. The molecule has 1 atom stereocenters. The van der Waals surface area contributed by atoms with E-state index in [2.05, 4.69) is 25.3 Å². The van der Waals surface area contributed by atoms with Crippen molar-refractivity contribution in [1.82, 2.24) is 24.8 Å². The van der Waals surface area contributed by atoms with Gasteiger partial charge in [0, 0.05) is 42.5 Å². The fourth-order valence-corrected chi connectivity index (χ4v) is 4.90. The molecule has 0 aliphatic carbocycles. The maximum absolute atomic E-state index is 13.9. The second kappa shape index (κ2) is 9.63. The molecule has 1 amide bonds. The highest BCUT2D eigenvalue weighted by atomic mass is 31.2. The van der Waals surface area contributed by atoms with E-state index in [4.69, 9.17) is 4.74 Å². The molecule has 37 heavy (non-hydrogen) atoms. The Hall–Kier alpha value is -3.14. The van der Waals surface area contributed by atoms with Gasteiger partial charge in [0.1, 0.15) is 29.4 Å². The molecule has 4 heterocycles. The van der Waals surface area contributed by atoms with Gasteiger partial charge in [0.05, 0.1) is 5.69 Å². The predicted molar refractivity (Wildman–Crippen MR) is 136 cm³/mol. The number of aromatic amines is 1. The molecule has 0 radical (unpaired) electrons. The zero-order valence-electron chi connectivity index (χ0n) is 21.3. The summed E-state index contributed by atoms with van der Waals surface area (Å²) >= 11 is 0. The van der Waals surface area contributed by atoms with Crippen LogP contribution in [0.1, 0.15) is 39.2 Å². The fourth-order valence-electron chi connectivity index (χ4n) is 4.12. The van der Waals surface area contributed by atoms with Gasteiger partial charge in [0.15, 0.2) is 0 Å². The molecular weight excluding hydrogens is 508 g/mol. The summed E-state index contributed by atoms with van der Waals surface area (Å²) < 4.78 is 59.6. The van der Waals surface area contributed by atoms with E-state index in [1.165, 1.54) is 6.20 Å². The minimum absolute atomic E-state index is 0.0181. The Balaban J connectivity index is 1.65. The van der Waals surface area contributed by atoms with Crippen LogP contribution in [-0.2, 0) is 15.5 Å². The molecule has 9 nitrogen and oxygen atoms in total. The molecule has 3 aromatic heterocycles. The minimum Gasteiger partial charge on any atom is -0.444 e. The van der Waals surface area contributed by atoms with Crippen LogP contribution in [0.15, 0.2) is 24.5 Å². The number of piperidine rings is 1. The molecule has 1 saturated heterocycles. The Bertz CT molecular complexity index is 1360. The number of carbonyl (C=O) groups is 1. The molecule has 0 spiro atoms. The number of alkyl halides is 3. The number of carbonyl (C=O) groups excluding carboxylic acids is 1. The van der Waals surface area contributed by atoms with Crippen molar-refractivity contribution in [2.45, 2.75) is 51.4 Å². The molecule has 0 aromatic carbocycles. The van der Waals surface area contributed by atoms with Gasteiger partial charge < -0.3 is 24.5 Å². The standard InChI is InChI=1S/C24H30F3N6O3P/c1-23(2,3)36-22(34)33-10-6-7-14(13-33)30-21-29-12-17(24(25,26)27)19(32-21)16-11-28-20-15(16)8-9-18(31-20)37(4,5)35/h8-9,11-12,14H,6-7,10,13H2,1-5H3,(H,28,31)(H,29,30,32)/t14-/m0/s1. The number of hydrogen-bond acceptors (Lipinski definition) is 7. The molecule has 3 aromatic rings. The van der Waals surface area contributed by atoms with E-state index in [0.717, 1.165) is 6.20 Å². The zero-order valence-corrected chi connectivity index (χ0v) is 22.2. The average molecular weight is 539 g/mol. The smallest absolute Gasteiger partial charge is 0.419 e. The maximum atomic E-state index is 13.9. The Labute approximate surface area is 212 Å². The molecule has 200 valence electrons. The number of halogens is 3. The lowest BCUT2D eigenvalue weighted by Gasteiger charge is -2.34. The summed E-state index contributed by atoms with van der Waals surface area (Å²) in [6.45, 7) is 9.33. The molecule has 0 saturated carbocycles. The third-order valence-corrected chi connectivity index (χ3v) is 7.18. The summed E-state index contributed by atoms with van der Waals surface area (Å²) in [4.78, 5) is 29.4. The Morgan fingerprint density at radius 1 is 1.22 bits per heavy atom. The molecule has 0 unspecified atom stereocenters. The van der Waals surface area contributed by atoms with E-state index in [-0.39, 0.29) is 23.2 Å². The number of nitrogens with one attached hydrogen (secondary N) is 2. The van der Waals surface area contributed by atoms with Crippen molar-refractivity contribution in [2.75, 3.05) is 31.7 Å². The first-order valence-electron chi connectivity index (χ1n) is 11.8. The van der Waals surface area contributed by atoms with Crippen molar-refractivity contribution >= 4 is 35.7 Å². The molecule has 1 aliphatic heterocycles. The van der Waals surface area contributed by atoms with Crippen LogP contribution in [0.25, 0.3) is 22.3 Å². The Kier molecular flexibility index (Phi) is 7.00. The lowest BCUT2D eigenvalue weighted by atomic mass is 10.1. The van der Waals surface area contributed by atoms with Crippen LogP contribution in [-0.4, -0.2) is 69.0 Å². The summed E-state index contributed by atoms with van der Waals surface area (Å²) in [6, 6.07) is 2.89. The van der Waals surface area contributed by atoms with Crippen LogP contribution in [0.4, 0.5) is 23.9 Å². The predicted octanol–water partition coefficient (Wildman–Crippen LogP) is 5.10. The number of ether oxygens (including phenoxy) is 1. The molecular formula is C24H30F3N6O3P. The molecule has 2 N–H and O–H groups in total. The summed E-state index contributed by atoms with van der Waals surface area (Å²) in [5, 5.41) is 3.50. The number of fused-ring (bicyclic) bond motifs is 1. The van der Waals surface area contributed by atoms with Crippen LogP contribution in [0.2, 0.25) is 0 Å². The first kappa shape index (κ1) is 26.9. The molecule has 1 aliphatic rings. The average Bonchev–Trinajstić information content (AvgIpc) is 3.20. The number of H-pyrrole nitrogens is 1. The zero-order chi connectivity index (χ0) is 27.2. The van der Waals surface area contributed by atoms with Crippen LogP contribution < -0.4 is 10.8 Å². The van der Waals surface area contributed by atoms with Gasteiger partial charge >= 0.3 is 12.3 Å². The third-order valence-electron chi connectivity index (χ3n) is 5.83. The van der Waals surface area contributed by atoms with E-state index < -0.39 is 30.6 Å². The molecule has 1 fully saturated rings. The van der Waals surface area contributed by atoms with E-state index >= 15 is 0 Å². The van der Waals surface area contributed by atoms with Crippen molar-refractivity contribution in [3.63, 3.8) is 0 Å². The third kappa shape index (κ3) is 6.23. The second-order valence-corrected chi connectivity index (χ2v) is 13.6. The minimum atomic E-state index is -4.69. The van der Waals surface area contributed by atoms with Crippen molar-refractivity contribution in [3.05, 3.63) is 30.1 Å².